The number of nitro groups is 1. The van der Waals surface area contributed by atoms with Gasteiger partial charge in [0.15, 0.2) is 0 Å². The van der Waals surface area contributed by atoms with Crippen LogP contribution in [-0.4, -0.2) is 63.0 Å². The summed E-state index contributed by atoms with van der Waals surface area (Å²) in [6.45, 7) is 2.13. The molecular formula is C18H16N6O4. The highest BCUT2D eigenvalue weighted by Gasteiger charge is 2.22. The summed E-state index contributed by atoms with van der Waals surface area (Å²) < 4.78 is 6.92. The molecule has 28 heavy (non-hydrogen) atoms. The number of aromatic nitrogens is 3. The lowest BCUT2D eigenvalue weighted by Gasteiger charge is -2.29. The molecule has 0 aliphatic carbocycles. The second-order valence-corrected chi connectivity index (χ2v) is 6.11. The van der Waals surface area contributed by atoms with Gasteiger partial charge in [-0.3, -0.25) is 14.9 Å². The number of para-hydroxylation sites is 1. The van der Waals surface area contributed by atoms with Crippen molar-refractivity contribution in [2.75, 3.05) is 26.3 Å². The maximum atomic E-state index is 12.7. The smallest absolute Gasteiger partial charge is 0.280 e. The van der Waals surface area contributed by atoms with Gasteiger partial charge in [-0.25, -0.2) is 0 Å². The largest absolute Gasteiger partial charge is 0.378 e. The molecule has 2 heterocycles. The lowest BCUT2D eigenvalue weighted by atomic mass is 10.2. The molecule has 4 rings (SSSR count). The van der Waals surface area contributed by atoms with E-state index in [1.165, 1.54) is 28.9 Å². The Morgan fingerprint density at radius 1 is 1.11 bits per heavy atom. The number of benzene rings is 2. The van der Waals surface area contributed by atoms with E-state index in [-0.39, 0.29) is 11.3 Å². The SMILES string of the molecule is O=C(N=C(N1CCOCC1)n1nnc2ccccc21)c1ccc([N+](=O)[O-])cc1. The van der Waals surface area contributed by atoms with Gasteiger partial charge in [-0.1, -0.05) is 17.3 Å². The Bertz CT molecular complexity index is 1050. The minimum atomic E-state index is -0.518. The van der Waals surface area contributed by atoms with Crippen molar-refractivity contribution < 1.29 is 14.5 Å². The zero-order chi connectivity index (χ0) is 19.5. The van der Waals surface area contributed by atoms with Gasteiger partial charge in [0, 0.05) is 30.8 Å². The molecule has 1 amide bonds. The van der Waals surface area contributed by atoms with Crippen molar-refractivity contribution in [3.8, 4) is 0 Å². The first-order valence-corrected chi connectivity index (χ1v) is 8.64. The average molecular weight is 380 g/mol. The van der Waals surface area contributed by atoms with Gasteiger partial charge in [-0.05, 0) is 24.3 Å². The van der Waals surface area contributed by atoms with Crippen molar-refractivity contribution in [1.29, 1.82) is 0 Å². The van der Waals surface area contributed by atoms with Crippen LogP contribution in [0.3, 0.4) is 0 Å². The number of non-ortho nitro benzene ring substituents is 1. The van der Waals surface area contributed by atoms with Gasteiger partial charge in [-0.2, -0.15) is 9.67 Å². The standard InChI is InChI=1S/C18H16N6O4/c25-17(13-5-7-14(8-6-13)24(26)27)19-18(22-9-11-28-12-10-22)23-16-4-2-1-3-15(16)20-21-23/h1-8H,9-12H2. The minimum absolute atomic E-state index is 0.0868. The fourth-order valence-electron chi connectivity index (χ4n) is 2.91. The molecule has 1 saturated heterocycles. The third-order valence-corrected chi connectivity index (χ3v) is 4.36. The van der Waals surface area contributed by atoms with Crippen LogP contribution in [0, 0.1) is 10.1 Å². The summed E-state index contributed by atoms with van der Waals surface area (Å²) in [6, 6.07) is 12.7. The number of aliphatic imine (C=N–C) groups is 1. The van der Waals surface area contributed by atoms with Crippen molar-refractivity contribution in [3.05, 3.63) is 64.2 Å². The Balaban J connectivity index is 1.74. The Kier molecular flexibility index (Phi) is 4.77. The summed E-state index contributed by atoms with van der Waals surface area (Å²) in [5.41, 5.74) is 1.58. The Labute approximate surface area is 159 Å². The van der Waals surface area contributed by atoms with Gasteiger partial charge in [-0.15, -0.1) is 5.10 Å². The van der Waals surface area contributed by atoms with Crippen molar-refractivity contribution in [1.82, 2.24) is 19.9 Å². The molecule has 0 saturated carbocycles. The van der Waals surface area contributed by atoms with E-state index < -0.39 is 10.8 Å². The van der Waals surface area contributed by atoms with Crippen LogP contribution in [0.15, 0.2) is 53.5 Å². The molecule has 0 bridgehead atoms. The van der Waals surface area contributed by atoms with Gasteiger partial charge in [0.2, 0.25) is 5.96 Å². The summed E-state index contributed by atoms with van der Waals surface area (Å²) in [4.78, 5) is 29.2. The second kappa shape index (κ2) is 7.53. The number of nitrogens with zero attached hydrogens (tertiary/aromatic N) is 6. The van der Waals surface area contributed by atoms with Crippen LogP contribution in [0.4, 0.5) is 5.69 Å². The Hall–Kier alpha value is -3.66. The molecule has 0 atom stereocenters. The highest BCUT2D eigenvalue weighted by Crippen LogP contribution is 2.15. The first-order chi connectivity index (χ1) is 13.6. The van der Waals surface area contributed by atoms with Gasteiger partial charge >= 0.3 is 0 Å². The minimum Gasteiger partial charge on any atom is -0.378 e. The molecule has 1 aliphatic rings. The zero-order valence-corrected chi connectivity index (χ0v) is 14.8. The number of ether oxygens (including phenoxy) is 1. The summed E-state index contributed by atoms with van der Waals surface area (Å²) in [5.74, 6) is -0.170. The quantitative estimate of drug-likeness (QED) is 0.288. The van der Waals surface area contributed by atoms with Crippen LogP contribution in [-0.2, 0) is 4.74 Å². The molecular weight excluding hydrogens is 364 g/mol. The second-order valence-electron chi connectivity index (χ2n) is 6.11. The van der Waals surface area contributed by atoms with Crippen molar-refractivity contribution in [2.45, 2.75) is 0 Å². The van der Waals surface area contributed by atoms with E-state index in [1.807, 2.05) is 29.2 Å². The first kappa shape index (κ1) is 17.7. The number of hydrogen-bond donors (Lipinski definition) is 0. The number of nitro benzene ring substituents is 1. The molecule has 1 aliphatic heterocycles. The monoisotopic (exact) mass is 380 g/mol. The van der Waals surface area contributed by atoms with Gasteiger partial charge < -0.3 is 9.64 Å². The van der Waals surface area contributed by atoms with Gasteiger partial charge in [0.1, 0.15) is 5.52 Å². The molecule has 0 spiro atoms. The third kappa shape index (κ3) is 3.45. The first-order valence-electron chi connectivity index (χ1n) is 8.64. The summed E-state index contributed by atoms with van der Waals surface area (Å²) >= 11 is 0. The Morgan fingerprint density at radius 2 is 1.82 bits per heavy atom. The van der Waals surface area contributed by atoms with Crippen LogP contribution >= 0.6 is 0 Å². The lowest BCUT2D eigenvalue weighted by molar-refractivity contribution is -0.384. The Morgan fingerprint density at radius 3 is 2.54 bits per heavy atom. The number of hydrogen-bond acceptors (Lipinski definition) is 6. The molecule has 0 N–H and O–H groups in total. The third-order valence-electron chi connectivity index (χ3n) is 4.36. The number of carbonyl (C=O) groups is 1. The van der Waals surface area contributed by atoms with E-state index in [0.717, 1.165) is 5.52 Å². The van der Waals surface area contributed by atoms with E-state index in [9.17, 15) is 14.9 Å². The highest BCUT2D eigenvalue weighted by atomic mass is 16.6. The summed E-state index contributed by atoms with van der Waals surface area (Å²) in [5, 5.41) is 19.1. The summed E-state index contributed by atoms with van der Waals surface area (Å²) in [6.07, 6.45) is 0. The maximum absolute atomic E-state index is 12.7. The average Bonchev–Trinajstić information content (AvgIpc) is 3.16. The fourth-order valence-corrected chi connectivity index (χ4v) is 2.91. The number of fused-ring (bicyclic) bond motifs is 1. The molecule has 0 unspecified atom stereocenters. The molecule has 1 aromatic heterocycles. The molecule has 10 nitrogen and oxygen atoms in total. The molecule has 142 valence electrons. The number of morpholine rings is 1. The normalized spacial score (nSPS) is 15.0. The lowest BCUT2D eigenvalue weighted by Crippen LogP contribution is -2.44. The van der Waals surface area contributed by atoms with Crippen molar-refractivity contribution in [3.63, 3.8) is 0 Å². The molecule has 3 aromatic rings. The zero-order valence-electron chi connectivity index (χ0n) is 14.8. The summed E-state index contributed by atoms with van der Waals surface area (Å²) in [7, 11) is 0. The van der Waals surface area contributed by atoms with E-state index in [0.29, 0.717) is 37.8 Å². The molecule has 2 aromatic carbocycles. The molecule has 10 heteroatoms. The topological polar surface area (TPSA) is 116 Å². The maximum Gasteiger partial charge on any atom is 0.280 e. The number of rotatable bonds is 2. The van der Waals surface area contributed by atoms with E-state index in [1.54, 1.807) is 0 Å². The van der Waals surface area contributed by atoms with E-state index in [4.69, 9.17) is 4.74 Å². The molecule has 1 fully saturated rings. The predicted molar refractivity (Wildman–Crippen MR) is 100 cm³/mol. The van der Waals surface area contributed by atoms with Crippen LogP contribution < -0.4 is 0 Å². The van der Waals surface area contributed by atoms with Crippen LogP contribution in [0.1, 0.15) is 10.4 Å². The van der Waals surface area contributed by atoms with Crippen LogP contribution in [0.25, 0.3) is 11.0 Å². The molecule has 0 radical (unpaired) electrons. The highest BCUT2D eigenvalue weighted by molar-refractivity contribution is 6.04. The van der Waals surface area contributed by atoms with Gasteiger partial charge in [0.05, 0.1) is 23.7 Å². The van der Waals surface area contributed by atoms with Crippen molar-refractivity contribution >= 4 is 28.6 Å². The van der Waals surface area contributed by atoms with Crippen molar-refractivity contribution in [2.24, 2.45) is 4.99 Å². The van der Waals surface area contributed by atoms with E-state index in [2.05, 4.69) is 15.3 Å². The van der Waals surface area contributed by atoms with E-state index >= 15 is 0 Å². The van der Waals surface area contributed by atoms with Gasteiger partial charge in [0.25, 0.3) is 11.6 Å². The predicted octanol–water partition coefficient (Wildman–Crippen LogP) is 1.72. The fraction of sp³-hybridized carbons (Fsp3) is 0.222. The number of amides is 1. The van der Waals surface area contributed by atoms with Crippen LogP contribution in [0.5, 0.6) is 0 Å². The van der Waals surface area contributed by atoms with Crippen LogP contribution in [0.2, 0.25) is 0 Å². The number of carbonyl (C=O) groups excluding carboxylic acids is 1.